The van der Waals surface area contributed by atoms with Gasteiger partial charge in [-0.25, -0.2) is 4.98 Å². The van der Waals surface area contributed by atoms with E-state index in [0.717, 1.165) is 27.8 Å². The van der Waals surface area contributed by atoms with Crippen LogP contribution >= 0.6 is 11.3 Å². The molecule has 1 unspecified atom stereocenters. The zero-order valence-electron chi connectivity index (χ0n) is 21.6. The molecule has 1 N–H and O–H groups in total. The molecule has 0 bridgehead atoms. The fourth-order valence-electron chi connectivity index (χ4n) is 4.70. The lowest BCUT2D eigenvalue weighted by Crippen LogP contribution is -2.29. The Morgan fingerprint density at radius 1 is 1.05 bits per heavy atom. The maximum atomic E-state index is 13.5. The standard InChI is InChI=1S/C30H28N2O5S/c1-5-13-37-21-11-9-19(10-12-21)26-24(27(33)20-7-6-8-22(16-20)36-4)28(34)29(35)32(26)30-31-25-18(3)14-17(2)15-23(25)38-30/h6-12,14-16,26,33H,5,13H2,1-4H3. The van der Waals surface area contributed by atoms with E-state index >= 15 is 0 Å². The summed E-state index contributed by atoms with van der Waals surface area (Å²) in [5.41, 5.74) is 3.90. The van der Waals surface area contributed by atoms with Gasteiger partial charge in [-0.3, -0.25) is 14.5 Å². The molecule has 1 atom stereocenters. The number of aryl methyl sites for hydroxylation is 2. The lowest BCUT2D eigenvalue weighted by molar-refractivity contribution is -0.132. The van der Waals surface area contributed by atoms with Crippen LogP contribution < -0.4 is 14.4 Å². The van der Waals surface area contributed by atoms with Crippen LogP contribution in [0.1, 0.15) is 41.6 Å². The maximum absolute atomic E-state index is 13.5. The number of carbonyl (C=O) groups is 2. The molecule has 0 spiro atoms. The molecule has 8 heteroatoms. The number of benzene rings is 3. The normalized spacial score (nSPS) is 16.8. The van der Waals surface area contributed by atoms with Crippen molar-refractivity contribution in [3.05, 3.63) is 88.5 Å². The molecule has 3 aromatic carbocycles. The van der Waals surface area contributed by atoms with E-state index in [0.29, 0.717) is 34.4 Å². The SMILES string of the molecule is CCCOc1ccc(C2C(=C(O)c3cccc(OC)c3)C(=O)C(=O)N2c2nc3c(C)cc(C)cc3s2)cc1. The van der Waals surface area contributed by atoms with Crippen molar-refractivity contribution in [3.8, 4) is 11.5 Å². The van der Waals surface area contributed by atoms with Crippen molar-refractivity contribution in [1.29, 1.82) is 0 Å². The van der Waals surface area contributed by atoms with E-state index in [-0.39, 0.29) is 11.3 Å². The summed E-state index contributed by atoms with van der Waals surface area (Å²) in [7, 11) is 1.52. The van der Waals surface area contributed by atoms with Crippen molar-refractivity contribution >= 4 is 44.1 Å². The number of aliphatic hydroxyl groups is 1. The number of ketones is 1. The third-order valence-electron chi connectivity index (χ3n) is 6.48. The average Bonchev–Trinajstić information content (AvgIpc) is 3.45. The van der Waals surface area contributed by atoms with Gasteiger partial charge in [0, 0.05) is 5.56 Å². The van der Waals surface area contributed by atoms with E-state index in [2.05, 4.69) is 0 Å². The predicted octanol–water partition coefficient (Wildman–Crippen LogP) is 6.34. The largest absolute Gasteiger partial charge is 0.507 e. The van der Waals surface area contributed by atoms with Gasteiger partial charge >= 0.3 is 5.91 Å². The van der Waals surface area contributed by atoms with Gasteiger partial charge in [-0.15, -0.1) is 0 Å². The summed E-state index contributed by atoms with van der Waals surface area (Å²) < 4.78 is 12.0. The summed E-state index contributed by atoms with van der Waals surface area (Å²) in [6.07, 6.45) is 0.874. The molecule has 1 saturated heterocycles. The summed E-state index contributed by atoms with van der Waals surface area (Å²) in [4.78, 5) is 33.2. The van der Waals surface area contributed by atoms with Gasteiger partial charge in [-0.2, -0.15) is 0 Å². The van der Waals surface area contributed by atoms with Crippen LogP contribution in [0.15, 0.2) is 66.2 Å². The van der Waals surface area contributed by atoms with E-state index in [1.807, 2.05) is 57.2 Å². The summed E-state index contributed by atoms with van der Waals surface area (Å²) in [5.74, 6) is -0.567. The molecular formula is C30H28N2O5S. The van der Waals surface area contributed by atoms with E-state index in [1.165, 1.54) is 23.3 Å². The van der Waals surface area contributed by atoms with E-state index < -0.39 is 17.7 Å². The number of Topliss-reactive ketones (excluding diaryl/α,β-unsaturated/α-hetero) is 1. The molecule has 1 aliphatic heterocycles. The second-order valence-corrected chi connectivity index (χ2v) is 10.3. The van der Waals surface area contributed by atoms with Crippen molar-refractivity contribution in [2.24, 2.45) is 0 Å². The Bertz CT molecular complexity index is 1570. The summed E-state index contributed by atoms with van der Waals surface area (Å²) in [5, 5.41) is 11.8. The first kappa shape index (κ1) is 25.5. The monoisotopic (exact) mass is 528 g/mol. The highest BCUT2D eigenvalue weighted by Crippen LogP contribution is 2.45. The Morgan fingerprint density at radius 3 is 2.53 bits per heavy atom. The van der Waals surface area contributed by atoms with Gasteiger partial charge in [0.1, 0.15) is 17.3 Å². The summed E-state index contributed by atoms with van der Waals surface area (Å²) >= 11 is 1.35. The number of nitrogens with zero attached hydrogens (tertiary/aromatic N) is 2. The molecule has 0 saturated carbocycles. The Kier molecular flexibility index (Phi) is 6.91. The van der Waals surface area contributed by atoms with Crippen LogP contribution in [0.5, 0.6) is 11.5 Å². The lowest BCUT2D eigenvalue weighted by Gasteiger charge is -2.23. The van der Waals surface area contributed by atoms with Gasteiger partial charge in [0.05, 0.1) is 35.5 Å². The molecule has 1 fully saturated rings. The van der Waals surface area contributed by atoms with Crippen molar-refractivity contribution in [2.75, 3.05) is 18.6 Å². The average molecular weight is 529 g/mol. The number of amides is 1. The smallest absolute Gasteiger partial charge is 0.301 e. The molecule has 38 heavy (non-hydrogen) atoms. The topological polar surface area (TPSA) is 89.0 Å². The third-order valence-corrected chi connectivity index (χ3v) is 7.48. The highest BCUT2D eigenvalue weighted by atomic mass is 32.1. The molecule has 0 aliphatic carbocycles. The number of carbonyl (C=O) groups excluding carboxylic acids is 2. The summed E-state index contributed by atoms with van der Waals surface area (Å²) in [6, 6.07) is 17.2. The first-order valence-electron chi connectivity index (χ1n) is 12.4. The molecule has 0 radical (unpaired) electrons. The minimum atomic E-state index is -0.872. The second-order valence-electron chi connectivity index (χ2n) is 9.24. The van der Waals surface area contributed by atoms with Crippen LogP contribution in [0.25, 0.3) is 16.0 Å². The molecule has 5 rings (SSSR count). The van der Waals surface area contributed by atoms with E-state index in [1.54, 1.807) is 24.3 Å². The first-order chi connectivity index (χ1) is 18.3. The van der Waals surface area contributed by atoms with E-state index in [4.69, 9.17) is 14.5 Å². The fourth-order valence-corrected chi connectivity index (χ4v) is 5.87. The predicted molar refractivity (Wildman–Crippen MR) is 149 cm³/mol. The Morgan fingerprint density at radius 2 is 1.82 bits per heavy atom. The zero-order valence-corrected chi connectivity index (χ0v) is 22.5. The number of methoxy groups -OCH3 is 1. The molecule has 194 valence electrons. The van der Waals surface area contributed by atoms with Crippen LogP contribution in [-0.2, 0) is 9.59 Å². The van der Waals surface area contributed by atoms with Gasteiger partial charge in [0.2, 0.25) is 0 Å². The van der Waals surface area contributed by atoms with Crippen molar-refractivity contribution in [1.82, 2.24) is 4.98 Å². The highest BCUT2D eigenvalue weighted by Gasteiger charge is 2.48. The second kappa shape index (κ2) is 10.3. The highest BCUT2D eigenvalue weighted by molar-refractivity contribution is 7.22. The van der Waals surface area contributed by atoms with Crippen molar-refractivity contribution in [3.63, 3.8) is 0 Å². The molecule has 1 amide bonds. The van der Waals surface area contributed by atoms with Crippen LogP contribution in [-0.4, -0.2) is 35.5 Å². The number of rotatable bonds is 7. The van der Waals surface area contributed by atoms with Crippen LogP contribution in [0.3, 0.4) is 0 Å². The molecular weight excluding hydrogens is 500 g/mol. The van der Waals surface area contributed by atoms with Crippen LogP contribution in [0, 0.1) is 13.8 Å². The Hall–Kier alpha value is -4.17. The van der Waals surface area contributed by atoms with E-state index in [9.17, 15) is 14.7 Å². The fraction of sp³-hybridized carbons (Fsp3) is 0.233. The van der Waals surface area contributed by atoms with Gasteiger partial charge in [-0.05, 0) is 67.3 Å². The van der Waals surface area contributed by atoms with Crippen molar-refractivity contribution < 1.29 is 24.2 Å². The van der Waals surface area contributed by atoms with Gasteiger partial charge < -0.3 is 14.6 Å². The number of thiazole rings is 1. The van der Waals surface area contributed by atoms with Gasteiger partial charge in [-0.1, -0.05) is 48.6 Å². The Labute approximate surface area is 225 Å². The number of aliphatic hydroxyl groups excluding tert-OH is 1. The minimum absolute atomic E-state index is 0.00219. The molecule has 1 aliphatic rings. The summed E-state index contributed by atoms with van der Waals surface area (Å²) in [6.45, 7) is 6.59. The van der Waals surface area contributed by atoms with Crippen molar-refractivity contribution in [2.45, 2.75) is 33.2 Å². The number of hydrogen-bond acceptors (Lipinski definition) is 7. The van der Waals surface area contributed by atoms with Gasteiger partial charge in [0.25, 0.3) is 5.78 Å². The first-order valence-corrected chi connectivity index (χ1v) is 13.2. The van der Waals surface area contributed by atoms with Crippen LogP contribution in [0.2, 0.25) is 0 Å². The molecule has 4 aromatic rings. The molecule has 1 aromatic heterocycles. The number of ether oxygens (including phenoxy) is 2. The van der Waals surface area contributed by atoms with Crippen LogP contribution in [0.4, 0.5) is 5.13 Å². The third kappa shape index (κ3) is 4.52. The number of hydrogen-bond donors (Lipinski definition) is 1. The van der Waals surface area contributed by atoms with Gasteiger partial charge in [0.15, 0.2) is 5.13 Å². The number of aromatic nitrogens is 1. The quantitative estimate of drug-likeness (QED) is 0.171. The Balaban J connectivity index is 1.69. The minimum Gasteiger partial charge on any atom is -0.507 e. The maximum Gasteiger partial charge on any atom is 0.301 e. The zero-order chi connectivity index (χ0) is 27.0. The molecule has 2 heterocycles. The number of anilines is 1. The number of fused-ring (bicyclic) bond motifs is 1. The molecule has 7 nitrogen and oxygen atoms in total. The lowest BCUT2D eigenvalue weighted by atomic mass is 9.95.